The minimum atomic E-state index is 0.0903. The molecule has 0 saturated carbocycles. The van der Waals surface area contributed by atoms with E-state index in [1.807, 2.05) is 36.4 Å². The lowest BCUT2D eigenvalue weighted by Crippen LogP contribution is -2.26. The first kappa shape index (κ1) is 20.1. The molecule has 5 heteroatoms. The SMILES string of the molecule is COCCn1c(CCCCCNC(=O)Cc2ccccc2)nc2ccccc21. The summed E-state index contributed by atoms with van der Waals surface area (Å²) in [7, 11) is 1.73. The van der Waals surface area contributed by atoms with Crippen molar-refractivity contribution in [1.82, 2.24) is 14.9 Å². The first-order valence-electron chi connectivity index (χ1n) is 10.0. The number of hydrogen-bond acceptors (Lipinski definition) is 3. The molecule has 0 aliphatic carbocycles. The van der Waals surface area contributed by atoms with Crippen molar-refractivity contribution in [3.05, 3.63) is 66.0 Å². The van der Waals surface area contributed by atoms with Gasteiger partial charge in [0, 0.05) is 26.6 Å². The fourth-order valence-corrected chi connectivity index (χ4v) is 3.40. The molecule has 148 valence electrons. The number of aryl methyl sites for hydroxylation is 1. The van der Waals surface area contributed by atoms with Crippen LogP contribution in [0.3, 0.4) is 0 Å². The molecule has 0 atom stereocenters. The first-order valence-corrected chi connectivity index (χ1v) is 10.0. The van der Waals surface area contributed by atoms with Crippen LogP contribution >= 0.6 is 0 Å². The maximum atomic E-state index is 12.0. The standard InChI is InChI=1S/C23H29N3O2/c1-28-17-16-26-21-13-8-7-12-20(21)25-22(26)14-6-3-9-15-24-23(27)18-19-10-4-2-5-11-19/h2,4-5,7-8,10-13H,3,6,9,14-18H2,1H3,(H,24,27). The molecule has 2 aromatic carbocycles. The summed E-state index contributed by atoms with van der Waals surface area (Å²) < 4.78 is 7.52. The van der Waals surface area contributed by atoms with E-state index in [0.29, 0.717) is 13.0 Å². The summed E-state index contributed by atoms with van der Waals surface area (Å²) in [6.45, 7) is 2.23. The highest BCUT2D eigenvalue weighted by Gasteiger charge is 2.10. The van der Waals surface area contributed by atoms with Crippen LogP contribution in [0.2, 0.25) is 0 Å². The second-order valence-corrected chi connectivity index (χ2v) is 6.98. The monoisotopic (exact) mass is 379 g/mol. The highest BCUT2D eigenvalue weighted by atomic mass is 16.5. The van der Waals surface area contributed by atoms with Gasteiger partial charge in [0.2, 0.25) is 5.91 Å². The van der Waals surface area contributed by atoms with E-state index in [2.05, 4.69) is 28.1 Å². The molecule has 0 fully saturated rings. The van der Waals surface area contributed by atoms with Gasteiger partial charge in [0.05, 0.1) is 24.1 Å². The number of hydrogen-bond donors (Lipinski definition) is 1. The maximum Gasteiger partial charge on any atom is 0.224 e. The van der Waals surface area contributed by atoms with Crippen LogP contribution in [-0.2, 0) is 28.9 Å². The third kappa shape index (κ3) is 5.67. The van der Waals surface area contributed by atoms with Crippen LogP contribution in [0.15, 0.2) is 54.6 Å². The molecule has 0 spiro atoms. The summed E-state index contributed by atoms with van der Waals surface area (Å²) in [5.74, 6) is 1.21. The van der Waals surface area contributed by atoms with Crippen LogP contribution in [-0.4, -0.2) is 35.7 Å². The van der Waals surface area contributed by atoms with E-state index in [1.165, 1.54) is 5.52 Å². The quantitative estimate of drug-likeness (QED) is 0.516. The van der Waals surface area contributed by atoms with Crippen molar-refractivity contribution in [2.24, 2.45) is 0 Å². The predicted molar refractivity (Wildman–Crippen MR) is 112 cm³/mol. The van der Waals surface area contributed by atoms with Gasteiger partial charge in [-0.1, -0.05) is 48.9 Å². The van der Waals surface area contributed by atoms with Crippen molar-refractivity contribution in [1.29, 1.82) is 0 Å². The van der Waals surface area contributed by atoms with E-state index in [0.717, 1.165) is 55.7 Å². The fraction of sp³-hybridized carbons (Fsp3) is 0.391. The zero-order chi connectivity index (χ0) is 19.6. The Morgan fingerprint density at radius 1 is 1.04 bits per heavy atom. The van der Waals surface area contributed by atoms with E-state index < -0.39 is 0 Å². The number of methoxy groups -OCH3 is 1. The van der Waals surface area contributed by atoms with Gasteiger partial charge in [-0.3, -0.25) is 4.79 Å². The largest absolute Gasteiger partial charge is 0.383 e. The number of nitrogens with zero attached hydrogens (tertiary/aromatic N) is 2. The number of carbonyl (C=O) groups is 1. The molecule has 1 N–H and O–H groups in total. The third-order valence-electron chi connectivity index (χ3n) is 4.86. The molecule has 5 nitrogen and oxygen atoms in total. The number of imidazole rings is 1. The van der Waals surface area contributed by atoms with Crippen LogP contribution in [0.1, 0.15) is 30.7 Å². The molecule has 0 aliphatic heterocycles. The molecule has 1 aromatic heterocycles. The molecule has 0 bridgehead atoms. The van der Waals surface area contributed by atoms with Gasteiger partial charge in [-0.25, -0.2) is 4.98 Å². The summed E-state index contributed by atoms with van der Waals surface area (Å²) >= 11 is 0. The number of unbranched alkanes of at least 4 members (excludes halogenated alkanes) is 2. The summed E-state index contributed by atoms with van der Waals surface area (Å²) in [6, 6.07) is 18.1. The Hall–Kier alpha value is -2.66. The smallest absolute Gasteiger partial charge is 0.224 e. The molecule has 0 saturated heterocycles. The molecule has 28 heavy (non-hydrogen) atoms. The van der Waals surface area contributed by atoms with Gasteiger partial charge in [-0.15, -0.1) is 0 Å². The van der Waals surface area contributed by atoms with Gasteiger partial charge in [-0.05, 0) is 30.5 Å². The average Bonchev–Trinajstić information content (AvgIpc) is 3.07. The normalized spacial score (nSPS) is 11.0. The molecule has 1 amide bonds. The highest BCUT2D eigenvalue weighted by Crippen LogP contribution is 2.17. The first-order chi connectivity index (χ1) is 13.8. The molecule has 0 radical (unpaired) electrons. The molecule has 0 aliphatic rings. The Morgan fingerprint density at radius 3 is 2.64 bits per heavy atom. The van der Waals surface area contributed by atoms with E-state index in [4.69, 9.17) is 9.72 Å². The number of fused-ring (bicyclic) bond motifs is 1. The van der Waals surface area contributed by atoms with Crippen molar-refractivity contribution >= 4 is 16.9 Å². The summed E-state index contributed by atoms with van der Waals surface area (Å²) in [5.41, 5.74) is 3.26. The second kappa shape index (κ2) is 10.6. The Kier molecular flexibility index (Phi) is 7.62. The zero-order valence-electron chi connectivity index (χ0n) is 16.6. The predicted octanol–water partition coefficient (Wildman–Crippen LogP) is 3.75. The van der Waals surface area contributed by atoms with Crippen molar-refractivity contribution in [2.45, 2.75) is 38.6 Å². The van der Waals surface area contributed by atoms with Gasteiger partial charge < -0.3 is 14.6 Å². The Bertz CT molecular complexity index is 874. The van der Waals surface area contributed by atoms with Crippen molar-refractivity contribution in [2.75, 3.05) is 20.3 Å². The van der Waals surface area contributed by atoms with Gasteiger partial charge >= 0.3 is 0 Å². The fourth-order valence-electron chi connectivity index (χ4n) is 3.40. The number of benzene rings is 2. The van der Waals surface area contributed by atoms with E-state index in [1.54, 1.807) is 7.11 Å². The number of carbonyl (C=O) groups excluding carboxylic acids is 1. The Labute approximate surface area is 166 Å². The number of nitrogens with one attached hydrogen (secondary N) is 1. The van der Waals surface area contributed by atoms with Crippen LogP contribution in [0.5, 0.6) is 0 Å². The molecular weight excluding hydrogens is 350 g/mol. The van der Waals surface area contributed by atoms with Crippen LogP contribution in [0.25, 0.3) is 11.0 Å². The van der Waals surface area contributed by atoms with Gasteiger partial charge in [-0.2, -0.15) is 0 Å². The Balaban J connectivity index is 1.41. The van der Waals surface area contributed by atoms with E-state index in [9.17, 15) is 4.79 Å². The van der Waals surface area contributed by atoms with Crippen molar-refractivity contribution < 1.29 is 9.53 Å². The minimum absolute atomic E-state index is 0.0903. The summed E-state index contributed by atoms with van der Waals surface area (Å²) in [4.78, 5) is 16.8. The van der Waals surface area contributed by atoms with Crippen molar-refractivity contribution in [3.63, 3.8) is 0 Å². The molecular formula is C23H29N3O2. The van der Waals surface area contributed by atoms with Crippen LogP contribution < -0.4 is 5.32 Å². The van der Waals surface area contributed by atoms with Crippen molar-refractivity contribution in [3.8, 4) is 0 Å². The number of ether oxygens (including phenoxy) is 1. The average molecular weight is 380 g/mol. The lowest BCUT2D eigenvalue weighted by atomic mass is 10.1. The summed E-state index contributed by atoms with van der Waals surface area (Å²) in [6.07, 6.45) is 4.50. The van der Waals surface area contributed by atoms with E-state index in [-0.39, 0.29) is 5.91 Å². The lowest BCUT2D eigenvalue weighted by molar-refractivity contribution is -0.120. The number of para-hydroxylation sites is 2. The van der Waals surface area contributed by atoms with Gasteiger partial charge in [0.25, 0.3) is 0 Å². The Morgan fingerprint density at radius 2 is 1.82 bits per heavy atom. The second-order valence-electron chi connectivity index (χ2n) is 6.98. The number of aromatic nitrogens is 2. The molecule has 3 rings (SSSR count). The molecule has 3 aromatic rings. The highest BCUT2D eigenvalue weighted by molar-refractivity contribution is 5.78. The molecule has 0 unspecified atom stereocenters. The van der Waals surface area contributed by atoms with Crippen LogP contribution in [0.4, 0.5) is 0 Å². The zero-order valence-corrected chi connectivity index (χ0v) is 16.6. The summed E-state index contributed by atoms with van der Waals surface area (Å²) in [5, 5.41) is 3.01. The van der Waals surface area contributed by atoms with Crippen LogP contribution in [0, 0.1) is 0 Å². The van der Waals surface area contributed by atoms with E-state index >= 15 is 0 Å². The lowest BCUT2D eigenvalue weighted by Gasteiger charge is -2.09. The number of rotatable bonds is 11. The minimum Gasteiger partial charge on any atom is -0.383 e. The van der Waals surface area contributed by atoms with Gasteiger partial charge in [0.15, 0.2) is 0 Å². The maximum absolute atomic E-state index is 12.0. The molecule has 1 heterocycles. The number of amides is 1. The third-order valence-corrected chi connectivity index (χ3v) is 4.86. The van der Waals surface area contributed by atoms with Gasteiger partial charge in [0.1, 0.15) is 5.82 Å². The topological polar surface area (TPSA) is 56.1 Å².